The van der Waals surface area contributed by atoms with E-state index in [1.165, 1.54) is 28.4 Å². The number of carbonyl (C=O) groups is 2. The van der Waals surface area contributed by atoms with Crippen LogP contribution < -0.4 is 4.74 Å². The molecule has 0 aromatic heterocycles. The quantitative estimate of drug-likeness (QED) is 0.559. The zero-order valence-electron chi connectivity index (χ0n) is 18.5. The minimum absolute atomic E-state index is 0.0868. The van der Waals surface area contributed by atoms with Gasteiger partial charge < -0.3 is 19.5 Å². The summed E-state index contributed by atoms with van der Waals surface area (Å²) in [5.74, 6) is -1.24. The number of hydrogen-bond acceptors (Lipinski definition) is 7. The molecule has 0 spiro atoms. The number of aryl methyl sites for hydroxylation is 2. The number of methoxy groups -OCH3 is 1. The Bertz CT molecular complexity index is 1180. The summed E-state index contributed by atoms with van der Waals surface area (Å²) in [7, 11) is -2.31. The number of phenols is 1. The van der Waals surface area contributed by atoms with Crippen molar-refractivity contribution in [1.29, 1.82) is 0 Å². The van der Waals surface area contributed by atoms with Gasteiger partial charge in [0.05, 0.1) is 22.0 Å². The summed E-state index contributed by atoms with van der Waals surface area (Å²) in [5, 5.41) is 9.84. The van der Waals surface area contributed by atoms with Gasteiger partial charge in [-0.15, -0.1) is 0 Å². The van der Waals surface area contributed by atoms with Gasteiger partial charge in [0, 0.05) is 26.2 Å². The number of nitrogens with zero attached hydrogens (tertiary/aromatic N) is 2. The van der Waals surface area contributed by atoms with Crippen molar-refractivity contribution < 1.29 is 32.6 Å². The number of rotatable bonds is 6. The monoisotopic (exact) mass is 540 g/mol. The maximum absolute atomic E-state index is 13.0. The Morgan fingerprint density at radius 3 is 2.36 bits per heavy atom. The number of halogens is 1. The SMILES string of the molecule is COc1cc(C(=O)OCC(=O)N2CCN(S(=O)(=O)c3ccc(C)cc3C)CC2)cc(Br)c1O. The average molecular weight is 541 g/mol. The topological polar surface area (TPSA) is 113 Å². The number of carbonyl (C=O) groups excluding carboxylic acids is 2. The number of sulfonamides is 1. The maximum Gasteiger partial charge on any atom is 0.338 e. The lowest BCUT2D eigenvalue weighted by Crippen LogP contribution is -2.51. The van der Waals surface area contributed by atoms with Crippen LogP contribution in [0.1, 0.15) is 21.5 Å². The molecule has 2 aromatic carbocycles. The largest absolute Gasteiger partial charge is 0.503 e. The standard InChI is InChI=1S/C22H25BrN2O7S/c1-14-4-5-19(15(2)10-14)33(29,30)25-8-6-24(7-9-25)20(26)13-32-22(28)16-11-17(23)21(27)18(12-16)31-3/h4-5,10-12,27H,6-9,13H2,1-3H3. The van der Waals surface area contributed by atoms with E-state index in [4.69, 9.17) is 9.47 Å². The molecule has 1 N–H and O–H groups in total. The first-order valence-corrected chi connectivity index (χ1v) is 12.4. The number of amides is 1. The predicted octanol–water partition coefficient (Wildman–Crippen LogP) is 2.47. The van der Waals surface area contributed by atoms with E-state index in [0.29, 0.717) is 5.56 Å². The molecule has 1 amide bonds. The Morgan fingerprint density at radius 2 is 1.76 bits per heavy atom. The second-order valence-corrected chi connectivity index (χ2v) is 10.4. The summed E-state index contributed by atoms with van der Waals surface area (Å²) in [5.41, 5.74) is 1.76. The van der Waals surface area contributed by atoms with Crippen LogP contribution in [0, 0.1) is 13.8 Å². The molecule has 1 heterocycles. The van der Waals surface area contributed by atoms with Crippen molar-refractivity contribution in [1.82, 2.24) is 9.21 Å². The fourth-order valence-corrected chi connectivity index (χ4v) is 5.62. The van der Waals surface area contributed by atoms with E-state index in [0.717, 1.165) is 5.56 Å². The second-order valence-electron chi connectivity index (χ2n) is 7.64. The molecule has 0 saturated carbocycles. The molecule has 3 rings (SSSR count). The summed E-state index contributed by atoms with van der Waals surface area (Å²) >= 11 is 3.13. The van der Waals surface area contributed by atoms with Gasteiger partial charge in [-0.1, -0.05) is 17.7 Å². The summed E-state index contributed by atoms with van der Waals surface area (Å²) in [4.78, 5) is 26.6. The van der Waals surface area contributed by atoms with Gasteiger partial charge in [0.15, 0.2) is 18.1 Å². The van der Waals surface area contributed by atoms with Crippen molar-refractivity contribution >= 4 is 37.8 Å². The highest BCUT2D eigenvalue weighted by Gasteiger charge is 2.31. The van der Waals surface area contributed by atoms with Crippen molar-refractivity contribution in [2.24, 2.45) is 0 Å². The van der Waals surface area contributed by atoms with E-state index >= 15 is 0 Å². The zero-order valence-corrected chi connectivity index (χ0v) is 20.9. The van der Waals surface area contributed by atoms with Crippen LogP contribution in [0.3, 0.4) is 0 Å². The molecule has 1 aliphatic heterocycles. The number of phenolic OH excluding ortho intramolecular Hbond substituents is 1. The molecule has 0 aliphatic carbocycles. The lowest BCUT2D eigenvalue weighted by atomic mass is 10.2. The van der Waals surface area contributed by atoms with Crippen molar-refractivity contribution in [3.63, 3.8) is 0 Å². The minimum Gasteiger partial charge on any atom is -0.503 e. The molecular formula is C22H25BrN2O7S. The number of piperazine rings is 1. The van der Waals surface area contributed by atoms with Gasteiger partial charge in [-0.05, 0) is 53.5 Å². The van der Waals surface area contributed by atoms with Gasteiger partial charge in [-0.25, -0.2) is 13.2 Å². The van der Waals surface area contributed by atoms with Crippen LogP contribution in [0.25, 0.3) is 0 Å². The number of ether oxygens (including phenoxy) is 2. The number of esters is 1. The van der Waals surface area contributed by atoms with Crippen molar-refractivity contribution in [2.75, 3.05) is 39.9 Å². The van der Waals surface area contributed by atoms with Crippen LogP contribution in [-0.2, 0) is 19.6 Å². The predicted molar refractivity (Wildman–Crippen MR) is 124 cm³/mol. The second kappa shape index (κ2) is 10.1. The molecule has 0 unspecified atom stereocenters. The summed E-state index contributed by atoms with van der Waals surface area (Å²) < 4.78 is 37.7. The highest BCUT2D eigenvalue weighted by Crippen LogP contribution is 2.35. The van der Waals surface area contributed by atoms with Gasteiger partial charge in [-0.3, -0.25) is 4.79 Å². The fourth-order valence-electron chi connectivity index (χ4n) is 3.55. The van der Waals surface area contributed by atoms with Crippen LogP contribution in [0.5, 0.6) is 11.5 Å². The van der Waals surface area contributed by atoms with E-state index in [2.05, 4.69) is 15.9 Å². The third kappa shape index (κ3) is 5.48. The summed E-state index contributed by atoms with van der Waals surface area (Å²) in [6.45, 7) is 3.87. The molecule has 1 aliphatic rings. The third-order valence-corrected chi connectivity index (χ3v) is 8.01. The fraction of sp³-hybridized carbons (Fsp3) is 0.364. The zero-order chi connectivity index (χ0) is 24.3. The van der Waals surface area contributed by atoms with Crippen molar-refractivity contribution in [3.05, 3.63) is 51.5 Å². The molecular weight excluding hydrogens is 516 g/mol. The third-order valence-electron chi connectivity index (χ3n) is 5.35. The van der Waals surface area contributed by atoms with Crippen molar-refractivity contribution in [2.45, 2.75) is 18.7 Å². The van der Waals surface area contributed by atoms with Gasteiger partial charge >= 0.3 is 5.97 Å². The summed E-state index contributed by atoms with van der Waals surface area (Å²) in [6.07, 6.45) is 0. The minimum atomic E-state index is -3.66. The molecule has 0 atom stereocenters. The average Bonchev–Trinajstić information content (AvgIpc) is 2.78. The van der Waals surface area contributed by atoms with Crippen LogP contribution in [-0.4, -0.2) is 74.5 Å². The molecule has 0 radical (unpaired) electrons. The van der Waals surface area contributed by atoms with E-state index in [1.54, 1.807) is 19.1 Å². The molecule has 0 bridgehead atoms. The number of aromatic hydroxyl groups is 1. The van der Waals surface area contributed by atoms with Gasteiger partial charge in [0.1, 0.15) is 0 Å². The molecule has 9 nitrogen and oxygen atoms in total. The Kier molecular flexibility index (Phi) is 7.65. The molecule has 1 saturated heterocycles. The number of benzene rings is 2. The molecule has 1 fully saturated rings. The van der Waals surface area contributed by atoms with Gasteiger partial charge in [0.2, 0.25) is 10.0 Å². The van der Waals surface area contributed by atoms with E-state index in [-0.39, 0.29) is 52.6 Å². The molecule has 178 valence electrons. The lowest BCUT2D eigenvalue weighted by Gasteiger charge is -2.34. The van der Waals surface area contributed by atoms with Crippen LogP contribution in [0.15, 0.2) is 39.7 Å². The van der Waals surface area contributed by atoms with E-state index in [9.17, 15) is 23.1 Å². The smallest absolute Gasteiger partial charge is 0.338 e. The maximum atomic E-state index is 13.0. The Balaban J connectivity index is 1.57. The lowest BCUT2D eigenvalue weighted by molar-refractivity contribution is -0.135. The van der Waals surface area contributed by atoms with Crippen LogP contribution in [0.2, 0.25) is 0 Å². The molecule has 33 heavy (non-hydrogen) atoms. The highest BCUT2D eigenvalue weighted by atomic mass is 79.9. The Morgan fingerprint density at radius 1 is 1.09 bits per heavy atom. The summed E-state index contributed by atoms with van der Waals surface area (Å²) in [6, 6.07) is 7.86. The Labute approximate surface area is 201 Å². The first-order valence-electron chi connectivity index (χ1n) is 10.1. The molecule has 11 heteroatoms. The van der Waals surface area contributed by atoms with Crippen LogP contribution >= 0.6 is 15.9 Å². The number of hydrogen-bond donors (Lipinski definition) is 1. The van der Waals surface area contributed by atoms with E-state index < -0.39 is 28.5 Å². The molecule has 2 aromatic rings. The normalized spacial score (nSPS) is 14.7. The Hall–Kier alpha value is -2.63. The first kappa shape index (κ1) is 25.0. The van der Waals surface area contributed by atoms with Gasteiger partial charge in [-0.2, -0.15) is 4.31 Å². The van der Waals surface area contributed by atoms with Gasteiger partial charge in [0.25, 0.3) is 5.91 Å². The van der Waals surface area contributed by atoms with Crippen molar-refractivity contribution in [3.8, 4) is 11.5 Å². The highest BCUT2D eigenvalue weighted by molar-refractivity contribution is 9.10. The van der Waals surface area contributed by atoms with Crippen LogP contribution in [0.4, 0.5) is 0 Å². The first-order chi connectivity index (χ1) is 15.5. The van der Waals surface area contributed by atoms with E-state index in [1.807, 2.05) is 13.0 Å².